The Hall–Kier alpha value is -3.08. The van der Waals surface area contributed by atoms with Crippen LogP contribution in [0.25, 0.3) is 0 Å². The minimum atomic E-state index is -3.31. The molecule has 0 saturated carbocycles. The number of ether oxygens (including phenoxy) is 1. The Morgan fingerprint density at radius 3 is 2.32 bits per heavy atom. The van der Waals surface area contributed by atoms with Crippen molar-refractivity contribution in [1.82, 2.24) is 15.1 Å². The maximum absolute atomic E-state index is 12.8. The number of piperidine rings is 1. The predicted molar refractivity (Wildman–Crippen MR) is 151 cm³/mol. The van der Waals surface area contributed by atoms with E-state index in [4.69, 9.17) is 4.74 Å². The molecule has 1 aliphatic heterocycles. The number of nitrogens with zero attached hydrogens (tertiary/aromatic N) is 2. The number of nitrogens with one attached hydrogen (secondary N) is 2. The van der Waals surface area contributed by atoms with E-state index < -0.39 is 16.1 Å². The summed E-state index contributed by atoms with van der Waals surface area (Å²) in [5.41, 5.74) is 1.66. The molecule has 3 N–H and O–H groups in total. The Morgan fingerprint density at radius 1 is 1.16 bits per heavy atom. The van der Waals surface area contributed by atoms with Crippen LogP contribution in [0, 0.1) is 0 Å². The highest BCUT2D eigenvalue weighted by Gasteiger charge is 2.24. The van der Waals surface area contributed by atoms with Crippen molar-refractivity contribution in [2.24, 2.45) is 0 Å². The molecule has 9 nitrogen and oxygen atoms in total. The van der Waals surface area contributed by atoms with Gasteiger partial charge in [-0.3, -0.25) is 9.62 Å². The molecule has 1 aliphatic rings. The minimum Gasteiger partial charge on any atom is -0.457 e. The summed E-state index contributed by atoms with van der Waals surface area (Å²) in [5, 5.41) is 13.2. The molecule has 2 amide bonds. The lowest BCUT2D eigenvalue weighted by Gasteiger charge is -2.34. The second-order valence-corrected chi connectivity index (χ2v) is 11.5. The molecule has 1 fully saturated rings. The molecule has 38 heavy (non-hydrogen) atoms. The van der Waals surface area contributed by atoms with Crippen molar-refractivity contribution >= 4 is 21.7 Å². The molecular weight excluding hydrogens is 504 g/mol. The number of hydrogen-bond acceptors (Lipinski definition) is 6. The zero-order chi connectivity index (χ0) is 27.5. The molecule has 0 spiro atoms. The van der Waals surface area contributed by atoms with Gasteiger partial charge in [-0.15, -0.1) is 6.58 Å². The molecule has 1 saturated heterocycles. The van der Waals surface area contributed by atoms with Gasteiger partial charge in [0.15, 0.2) is 0 Å². The van der Waals surface area contributed by atoms with E-state index in [-0.39, 0.29) is 12.1 Å². The van der Waals surface area contributed by atoms with Gasteiger partial charge in [0.1, 0.15) is 11.5 Å². The topological polar surface area (TPSA) is 111 Å². The fourth-order valence-electron chi connectivity index (χ4n) is 4.27. The van der Waals surface area contributed by atoms with Crippen LogP contribution in [0.2, 0.25) is 0 Å². The maximum Gasteiger partial charge on any atom is 0.317 e. The Balaban J connectivity index is 1.44. The van der Waals surface area contributed by atoms with Crippen LogP contribution in [0.1, 0.15) is 38.2 Å². The van der Waals surface area contributed by atoms with Crippen molar-refractivity contribution in [3.63, 3.8) is 0 Å². The first-order chi connectivity index (χ1) is 18.1. The van der Waals surface area contributed by atoms with E-state index in [1.165, 1.54) is 5.56 Å². The van der Waals surface area contributed by atoms with Crippen molar-refractivity contribution in [2.45, 2.75) is 51.3 Å². The van der Waals surface area contributed by atoms with Crippen molar-refractivity contribution in [3.05, 3.63) is 66.7 Å². The summed E-state index contributed by atoms with van der Waals surface area (Å²) < 4.78 is 31.0. The number of benzene rings is 2. The summed E-state index contributed by atoms with van der Waals surface area (Å²) in [6.45, 7) is 9.13. The van der Waals surface area contributed by atoms with Gasteiger partial charge in [0.25, 0.3) is 0 Å². The summed E-state index contributed by atoms with van der Waals surface area (Å²) in [6.07, 6.45) is 5.44. The third kappa shape index (κ3) is 10.00. The van der Waals surface area contributed by atoms with Crippen molar-refractivity contribution in [3.8, 4) is 11.5 Å². The summed E-state index contributed by atoms with van der Waals surface area (Å²) in [4.78, 5) is 16.9. The normalized spacial score (nSPS) is 15.4. The number of aliphatic hydroxyl groups is 1. The number of carbonyl (C=O) groups excluding carboxylic acids is 1. The van der Waals surface area contributed by atoms with E-state index >= 15 is 0 Å². The van der Waals surface area contributed by atoms with E-state index in [2.05, 4.69) is 21.5 Å². The van der Waals surface area contributed by atoms with Gasteiger partial charge in [-0.1, -0.05) is 25.1 Å². The second-order valence-electron chi connectivity index (χ2n) is 9.73. The lowest BCUT2D eigenvalue weighted by atomic mass is 10.0. The lowest BCUT2D eigenvalue weighted by molar-refractivity contribution is 0.114. The monoisotopic (exact) mass is 544 g/mol. The van der Waals surface area contributed by atoms with Crippen LogP contribution in [0.15, 0.2) is 61.2 Å². The van der Waals surface area contributed by atoms with Crippen LogP contribution in [0.3, 0.4) is 0 Å². The number of amides is 2. The van der Waals surface area contributed by atoms with Gasteiger partial charge in [0, 0.05) is 44.5 Å². The Labute approximate surface area is 226 Å². The number of aliphatic hydroxyl groups excluding tert-OH is 1. The highest BCUT2D eigenvalue weighted by atomic mass is 32.2. The molecule has 3 rings (SSSR count). The van der Waals surface area contributed by atoms with Crippen LogP contribution >= 0.6 is 0 Å². The third-order valence-corrected chi connectivity index (χ3v) is 7.04. The number of anilines is 1. The number of urea groups is 1. The van der Waals surface area contributed by atoms with Crippen molar-refractivity contribution in [1.29, 1.82) is 0 Å². The summed E-state index contributed by atoms with van der Waals surface area (Å²) in [5.74, 6) is 1.32. The summed E-state index contributed by atoms with van der Waals surface area (Å²) >= 11 is 0. The smallest absolute Gasteiger partial charge is 0.317 e. The molecule has 1 heterocycles. The van der Waals surface area contributed by atoms with Gasteiger partial charge in [-0.05, 0) is 67.6 Å². The standard InChI is InChI=1S/C28H40N4O5S/c1-4-6-17-32(21-25(33)5-2)28(34)29-23-15-18-31(19-16-23)20-22-7-11-26(12-8-22)37-27-13-9-24(10-14-27)30-38(3,35)36/h4,7-14,23,25,30,33H,1,5-6,15-21H2,2-3H3,(H,29,34). The molecule has 2 aromatic rings. The Morgan fingerprint density at radius 2 is 1.76 bits per heavy atom. The quantitative estimate of drug-likeness (QED) is 0.327. The molecule has 0 bridgehead atoms. The van der Waals surface area contributed by atoms with E-state index in [9.17, 15) is 18.3 Å². The first-order valence-electron chi connectivity index (χ1n) is 13.1. The Kier molecular flexibility index (Phi) is 11.0. The van der Waals surface area contributed by atoms with Crippen LogP contribution in [0.5, 0.6) is 11.5 Å². The highest BCUT2D eigenvalue weighted by Crippen LogP contribution is 2.24. The predicted octanol–water partition coefficient (Wildman–Crippen LogP) is 4.17. The number of carbonyl (C=O) groups is 1. The van der Waals surface area contributed by atoms with Gasteiger partial charge < -0.3 is 20.1 Å². The van der Waals surface area contributed by atoms with Gasteiger partial charge in [-0.2, -0.15) is 0 Å². The molecular formula is C28H40N4O5S. The molecule has 0 radical (unpaired) electrons. The zero-order valence-electron chi connectivity index (χ0n) is 22.3. The molecule has 1 atom stereocenters. The number of hydrogen-bond donors (Lipinski definition) is 3. The number of likely N-dealkylation sites (tertiary alicyclic amines) is 1. The van der Waals surface area contributed by atoms with Crippen LogP contribution in [0.4, 0.5) is 10.5 Å². The number of sulfonamides is 1. The number of rotatable bonds is 13. The molecule has 10 heteroatoms. The van der Waals surface area contributed by atoms with Crippen LogP contribution < -0.4 is 14.8 Å². The van der Waals surface area contributed by atoms with Gasteiger partial charge in [-0.25, -0.2) is 13.2 Å². The van der Waals surface area contributed by atoms with Gasteiger partial charge >= 0.3 is 6.03 Å². The second kappa shape index (κ2) is 14.2. The van der Waals surface area contributed by atoms with E-state index in [1.807, 2.05) is 31.2 Å². The van der Waals surface area contributed by atoms with Crippen molar-refractivity contribution < 1.29 is 23.1 Å². The third-order valence-electron chi connectivity index (χ3n) is 6.43. The van der Waals surface area contributed by atoms with E-state index in [0.717, 1.165) is 38.7 Å². The molecule has 0 aromatic heterocycles. The molecule has 208 valence electrons. The minimum absolute atomic E-state index is 0.116. The van der Waals surface area contributed by atoms with Crippen LogP contribution in [-0.4, -0.2) is 73.9 Å². The average molecular weight is 545 g/mol. The highest BCUT2D eigenvalue weighted by molar-refractivity contribution is 7.92. The SMILES string of the molecule is C=CCCN(CC(O)CC)C(=O)NC1CCN(Cc2ccc(Oc3ccc(NS(C)(=O)=O)cc3)cc2)CC1. The Bertz CT molecular complexity index is 1130. The molecule has 1 unspecified atom stereocenters. The lowest BCUT2D eigenvalue weighted by Crippen LogP contribution is -2.50. The largest absolute Gasteiger partial charge is 0.457 e. The fraction of sp³-hybridized carbons (Fsp3) is 0.464. The van der Waals surface area contributed by atoms with E-state index in [0.29, 0.717) is 43.1 Å². The first kappa shape index (κ1) is 29.5. The fourth-order valence-corrected chi connectivity index (χ4v) is 4.83. The van der Waals surface area contributed by atoms with Crippen LogP contribution in [-0.2, 0) is 16.6 Å². The maximum atomic E-state index is 12.8. The molecule has 0 aliphatic carbocycles. The first-order valence-corrected chi connectivity index (χ1v) is 15.0. The summed E-state index contributed by atoms with van der Waals surface area (Å²) in [6, 6.07) is 14.7. The summed E-state index contributed by atoms with van der Waals surface area (Å²) in [7, 11) is -3.31. The van der Waals surface area contributed by atoms with E-state index in [1.54, 1.807) is 35.2 Å². The van der Waals surface area contributed by atoms with Gasteiger partial charge in [0.2, 0.25) is 10.0 Å². The average Bonchev–Trinajstić information content (AvgIpc) is 2.89. The molecule has 2 aromatic carbocycles. The van der Waals surface area contributed by atoms with Crippen molar-refractivity contribution in [2.75, 3.05) is 37.2 Å². The van der Waals surface area contributed by atoms with Gasteiger partial charge in [0.05, 0.1) is 12.4 Å². The zero-order valence-corrected chi connectivity index (χ0v) is 23.1.